The Morgan fingerprint density at radius 2 is 2.40 bits per heavy atom. The van der Waals surface area contributed by atoms with Gasteiger partial charge >= 0.3 is 0 Å². The molecular weight excluding hydrogens is 345 g/mol. The van der Waals surface area contributed by atoms with Crippen molar-refractivity contribution in [2.75, 3.05) is 5.32 Å². The molecule has 0 unspecified atom stereocenters. The SMILES string of the molecule is Cc1nsc(NC(=O)c2csc(I)c2)n1. The number of amides is 1. The second kappa shape index (κ2) is 4.54. The summed E-state index contributed by atoms with van der Waals surface area (Å²) in [7, 11) is 0. The fraction of sp³-hybridized carbons (Fsp3) is 0.125. The third-order valence-corrected chi connectivity index (χ3v) is 4.09. The van der Waals surface area contributed by atoms with Crippen LogP contribution in [0.15, 0.2) is 11.4 Å². The second-order valence-electron chi connectivity index (χ2n) is 2.74. The van der Waals surface area contributed by atoms with Gasteiger partial charge in [-0.25, -0.2) is 4.98 Å². The molecule has 4 nitrogen and oxygen atoms in total. The van der Waals surface area contributed by atoms with Gasteiger partial charge in [0.25, 0.3) is 5.91 Å². The van der Waals surface area contributed by atoms with Crippen molar-refractivity contribution in [2.45, 2.75) is 6.92 Å². The molecule has 2 aromatic rings. The number of hydrogen-bond donors (Lipinski definition) is 1. The molecule has 1 amide bonds. The van der Waals surface area contributed by atoms with Gasteiger partial charge in [-0.2, -0.15) is 4.37 Å². The molecule has 78 valence electrons. The van der Waals surface area contributed by atoms with E-state index >= 15 is 0 Å². The van der Waals surface area contributed by atoms with E-state index in [0.29, 0.717) is 16.5 Å². The molecule has 2 aromatic heterocycles. The summed E-state index contributed by atoms with van der Waals surface area (Å²) in [6, 6.07) is 1.84. The minimum Gasteiger partial charge on any atom is -0.297 e. The Balaban J connectivity index is 2.10. The first-order chi connectivity index (χ1) is 7.15. The number of halogens is 1. The molecule has 0 radical (unpaired) electrons. The summed E-state index contributed by atoms with van der Waals surface area (Å²) in [6.07, 6.45) is 0. The van der Waals surface area contributed by atoms with Gasteiger partial charge in [0, 0.05) is 16.9 Å². The minimum atomic E-state index is -0.134. The summed E-state index contributed by atoms with van der Waals surface area (Å²) >= 11 is 4.91. The van der Waals surface area contributed by atoms with Crippen molar-refractivity contribution in [2.24, 2.45) is 0 Å². The van der Waals surface area contributed by atoms with Gasteiger partial charge in [-0.05, 0) is 35.6 Å². The van der Waals surface area contributed by atoms with Crippen LogP contribution in [0, 0.1) is 9.81 Å². The van der Waals surface area contributed by atoms with Gasteiger partial charge in [-0.1, -0.05) is 0 Å². The van der Waals surface area contributed by atoms with E-state index in [4.69, 9.17) is 0 Å². The molecule has 15 heavy (non-hydrogen) atoms. The number of carbonyl (C=O) groups excluding carboxylic acids is 1. The molecule has 0 bridgehead atoms. The van der Waals surface area contributed by atoms with Crippen molar-refractivity contribution in [3.63, 3.8) is 0 Å². The molecule has 0 saturated carbocycles. The smallest absolute Gasteiger partial charge is 0.258 e. The zero-order valence-corrected chi connectivity index (χ0v) is 11.4. The number of nitrogens with zero attached hydrogens (tertiary/aromatic N) is 2. The van der Waals surface area contributed by atoms with Crippen molar-refractivity contribution in [1.29, 1.82) is 0 Å². The third-order valence-electron chi connectivity index (χ3n) is 1.58. The molecule has 1 N–H and O–H groups in total. The molecule has 0 spiro atoms. The average molecular weight is 351 g/mol. The first kappa shape index (κ1) is 11.0. The predicted octanol–water partition coefficient (Wildman–Crippen LogP) is 2.76. The van der Waals surface area contributed by atoms with Gasteiger partial charge in [-0.15, -0.1) is 11.3 Å². The number of hydrogen-bond acceptors (Lipinski definition) is 5. The molecule has 7 heteroatoms. The lowest BCUT2D eigenvalue weighted by Gasteiger charge is -1.96. The van der Waals surface area contributed by atoms with Crippen LogP contribution in [0.4, 0.5) is 5.13 Å². The van der Waals surface area contributed by atoms with E-state index in [1.165, 1.54) is 11.5 Å². The Labute approximate surface area is 108 Å². The largest absolute Gasteiger partial charge is 0.297 e. The third kappa shape index (κ3) is 2.73. The standard InChI is InChI=1S/C8H6IN3OS2/c1-4-10-8(15-12-4)11-7(13)5-2-6(9)14-3-5/h2-3H,1H3,(H,10,11,12,13). The lowest BCUT2D eigenvalue weighted by molar-refractivity contribution is 0.102. The lowest BCUT2D eigenvalue weighted by Crippen LogP contribution is -2.10. The van der Waals surface area contributed by atoms with Crippen LogP contribution in [0.1, 0.15) is 16.2 Å². The molecule has 2 heterocycles. The van der Waals surface area contributed by atoms with Crippen LogP contribution in [0.5, 0.6) is 0 Å². The van der Waals surface area contributed by atoms with E-state index in [-0.39, 0.29) is 5.91 Å². The maximum atomic E-state index is 11.7. The van der Waals surface area contributed by atoms with Gasteiger partial charge in [-0.3, -0.25) is 10.1 Å². The van der Waals surface area contributed by atoms with Crippen LogP contribution in [-0.4, -0.2) is 15.3 Å². The Kier molecular flexibility index (Phi) is 3.32. The van der Waals surface area contributed by atoms with E-state index in [1.807, 2.05) is 11.4 Å². The highest BCUT2D eigenvalue weighted by Gasteiger charge is 2.10. The zero-order chi connectivity index (χ0) is 10.8. The highest BCUT2D eigenvalue weighted by molar-refractivity contribution is 14.1. The van der Waals surface area contributed by atoms with Crippen molar-refractivity contribution >= 4 is 56.5 Å². The predicted molar refractivity (Wildman–Crippen MR) is 69.6 cm³/mol. The van der Waals surface area contributed by atoms with Crippen molar-refractivity contribution in [3.8, 4) is 0 Å². The number of aryl methyl sites for hydroxylation is 1. The average Bonchev–Trinajstić information content (AvgIpc) is 2.75. The van der Waals surface area contributed by atoms with E-state index in [0.717, 1.165) is 2.88 Å². The highest BCUT2D eigenvalue weighted by atomic mass is 127. The van der Waals surface area contributed by atoms with Gasteiger partial charge in [0.05, 0.1) is 8.45 Å². The topological polar surface area (TPSA) is 54.9 Å². The van der Waals surface area contributed by atoms with Crippen LogP contribution in [0.2, 0.25) is 0 Å². The van der Waals surface area contributed by atoms with Crippen LogP contribution < -0.4 is 5.32 Å². The summed E-state index contributed by atoms with van der Waals surface area (Å²) in [5.41, 5.74) is 0.664. The van der Waals surface area contributed by atoms with Gasteiger partial charge in [0.2, 0.25) is 5.13 Å². The molecule has 0 aliphatic carbocycles. The summed E-state index contributed by atoms with van der Waals surface area (Å²) in [4.78, 5) is 15.7. The highest BCUT2D eigenvalue weighted by Crippen LogP contribution is 2.18. The molecule has 0 atom stereocenters. The van der Waals surface area contributed by atoms with Gasteiger partial charge in [0.15, 0.2) is 0 Å². The molecule has 0 aromatic carbocycles. The van der Waals surface area contributed by atoms with Crippen molar-refractivity contribution < 1.29 is 4.79 Å². The number of carbonyl (C=O) groups is 1. The number of rotatable bonds is 2. The summed E-state index contributed by atoms with van der Waals surface area (Å²) in [5, 5.41) is 5.07. The molecular formula is C8H6IN3OS2. The maximum absolute atomic E-state index is 11.7. The zero-order valence-electron chi connectivity index (χ0n) is 7.65. The monoisotopic (exact) mass is 351 g/mol. The molecule has 0 aliphatic heterocycles. The quantitative estimate of drug-likeness (QED) is 0.847. The van der Waals surface area contributed by atoms with E-state index < -0.39 is 0 Å². The van der Waals surface area contributed by atoms with Crippen molar-refractivity contribution in [1.82, 2.24) is 9.36 Å². The number of aromatic nitrogens is 2. The lowest BCUT2D eigenvalue weighted by atomic mass is 10.3. The first-order valence-electron chi connectivity index (χ1n) is 4.01. The molecule has 0 saturated heterocycles. The number of thiophene rings is 1. The fourth-order valence-electron chi connectivity index (χ4n) is 0.946. The van der Waals surface area contributed by atoms with E-state index in [9.17, 15) is 4.79 Å². The molecule has 0 aliphatic rings. The van der Waals surface area contributed by atoms with Gasteiger partial charge < -0.3 is 0 Å². The van der Waals surface area contributed by atoms with Crippen molar-refractivity contribution in [3.05, 3.63) is 25.7 Å². The normalized spacial score (nSPS) is 10.3. The molecule has 2 rings (SSSR count). The number of nitrogens with one attached hydrogen (secondary N) is 1. The summed E-state index contributed by atoms with van der Waals surface area (Å²) < 4.78 is 5.07. The Bertz CT molecular complexity index is 494. The van der Waals surface area contributed by atoms with E-state index in [1.54, 1.807) is 18.3 Å². The Morgan fingerprint density at radius 1 is 1.60 bits per heavy atom. The second-order valence-corrected chi connectivity index (χ2v) is 6.30. The maximum Gasteiger partial charge on any atom is 0.258 e. The van der Waals surface area contributed by atoms with Crippen LogP contribution in [0.25, 0.3) is 0 Å². The first-order valence-corrected chi connectivity index (χ1v) is 6.74. The molecule has 0 fully saturated rings. The van der Waals surface area contributed by atoms with E-state index in [2.05, 4.69) is 37.3 Å². The number of anilines is 1. The van der Waals surface area contributed by atoms with Gasteiger partial charge in [0.1, 0.15) is 5.82 Å². The van der Waals surface area contributed by atoms with Crippen LogP contribution in [-0.2, 0) is 0 Å². The summed E-state index contributed by atoms with van der Waals surface area (Å²) in [5.74, 6) is 0.542. The van der Waals surface area contributed by atoms with Crippen LogP contribution >= 0.6 is 45.5 Å². The van der Waals surface area contributed by atoms with Crippen LogP contribution in [0.3, 0.4) is 0 Å². The summed E-state index contributed by atoms with van der Waals surface area (Å²) in [6.45, 7) is 1.79. The Hall–Kier alpha value is -0.540. The Morgan fingerprint density at radius 3 is 2.93 bits per heavy atom. The fourth-order valence-corrected chi connectivity index (χ4v) is 2.84. The minimum absolute atomic E-state index is 0.134.